The number of carbonyl (C=O) groups excluding carboxylic acids is 1. The summed E-state index contributed by atoms with van der Waals surface area (Å²) in [5.74, 6) is -0.450. The van der Waals surface area contributed by atoms with Crippen molar-refractivity contribution in [1.29, 1.82) is 0 Å². The Labute approximate surface area is 162 Å². The number of nitro groups is 1. The molecule has 0 atom stereocenters. The first-order valence-corrected chi connectivity index (χ1v) is 9.03. The second kappa shape index (κ2) is 8.14. The molecule has 0 fully saturated rings. The van der Waals surface area contributed by atoms with Crippen molar-refractivity contribution < 1.29 is 9.72 Å². The number of nitrogens with zero attached hydrogens (tertiary/aromatic N) is 5. The van der Waals surface area contributed by atoms with E-state index in [0.717, 1.165) is 17.3 Å². The number of nitro benzene ring substituents is 1. The second-order valence-corrected chi connectivity index (χ2v) is 6.79. The summed E-state index contributed by atoms with van der Waals surface area (Å²) in [6, 6.07) is 11.4. The Bertz CT molecular complexity index is 1010. The number of amides is 1. The van der Waals surface area contributed by atoms with E-state index in [0.29, 0.717) is 15.9 Å². The highest BCUT2D eigenvalue weighted by molar-refractivity contribution is 7.99. The SMILES string of the molecule is Cc1ccc(-n2nnnc2SCC(=O)Nc2ccccc2[N+](=O)[O-])c(Cl)c1. The number of thioether (sulfide) groups is 1. The molecule has 138 valence electrons. The van der Waals surface area contributed by atoms with Gasteiger partial charge in [0.1, 0.15) is 5.69 Å². The minimum absolute atomic E-state index is 0.0318. The van der Waals surface area contributed by atoms with Crippen molar-refractivity contribution in [2.24, 2.45) is 0 Å². The maximum Gasteiger partial charge on any atom is 0.292 e. The highest BCUT2D eigenvalue weighted by Crippen LogP contribution is 2.26. The van der Waals surface area contributed by atoms with E-state index in [1.54, 1.807) is 18.2 Å². The minimum Gasteiger partial charge on any atom is -0.320 e. The van der Waals surface area contributed by atoms with Crippen LogP contribution < -0.4 is 5.32 Å². The monoisotopic (exact) mass is 404 g/mol. The molecule has 1 heterocycles. The van der Waals surface area contributed by atoms with Crippen molar-refractivity contribution in [3.05, 3.63) is 63.2 Å². The average Bonchev–Trinajstić information content (AvgIpc) is 3.08. The molecule has 27 heavy (non-hydrogen) atoms. The van der Waals surface area contributed by atoms with Gasteiger partial charge in [-0.25, -0.2) is 0 Å². The zero-order chi connectivity index (χ0) is 19.4. The first-order valence-electron chi connectivity index (χ1n) is 7.66. The molecule has 3 rings (SSSR count). The fraction of sp³-hybridized carbons (Fsp3) is 0.125. The van der Waals surface area contributed by atoms with Gasteiger partial charge in [0, 0.05) is 6.07 Å². The molecule has 0 saturated carbocycles. The summed E-state index contributed by atoms with van der Waals surface area (Å²) < 4.78 is 1.44. The fourth-order valence-electron chi connectivity index (χ4n) is 2.26. The van der Waals surface area contributed by atoms with Crippen molar-refractivity contribution in [3.63, 3.8) is 0 Å². The van der Waals surface area contributed by atoms with Gasteiger partial charge in [-0.3, -0.25) is 14.9 Å². The van der Waals surface area contributed by atoms with E-state index in [1.165, 1.54) is 22.9 Å². The van der Waals surface area contributed by atoms with Gasteiger partial charge in [-0.2, -0.15) is 4.68 Å². The number of para-hydroxylation sites is 2. The lowest BCUT2D eigenvalue weighted by Gasteiger charge is -2.08. The van der Waals surface area contributed by atoms with Gasteiger partial charge >= 0.3 is 0 Å². The van der Waals surface area contributed by atoms with E-state index in [1.807, 2.05) is 13.0 Å². The number of nitrogens with one attached hydrogen (secondary N) is 1. The molecular weight excluding hydrogens is 392 g/mol. The molecule has 0 bridgehead atoms. The lowest BCUT2D eigenvalue weighted by atomic mass is 10.2. The molecule has 0 saturated heterocycles. The molecule has 11 heteroatoms. The van der Waals surface area contributed by atoms with Gasteiger partial charge in [0.05, 0.1) is 21.4 Å². The fourth-order valence-corrected chi connectivity index (χ4v) is 3.26. The number of hydrogen-bond donors (Lipinski definition) is 1. The summed E-state index contributed by atoms with van der Waals surface area (Å²) in [5.41, 5.74) is 1.55. The van der Waals surface area contributed by atoms with Gasteiger partial charge in [0.2, 0.25) is 11.1 Å². The zero-order valence-electron chi connectivity index (χ0n) is 14.0. The van der Waals surface area contributed by atoms with Gasteiger partial charge in [-0.05, 0) is 41.1 Å². The lowest BCUT2D eigenvalue weighted by Crippen LogP contribution is -2.15. The molecule has 0 aliphatic heterocycles. The number of hydrogen-bond acceptors (Lipinski definition) is 7. The Morgan fingerprint density at radius 1 is 1.33 bits per heavy atom. The summed E-state index contributed by atoms with van der Waals surface area (Å²) in [5, 5.41) is 25.8. The van der Waals surface area contributed by atoms with E-state index in [4.69, 9.17) is 11.6 Å². The molecule has 1 N–H and O–H groups in total. The summed E-state index contributed by atoms with van der Waals surface area (Å²) in [7, 11) is 0. The van der Waals surface area contributed by atoms with E-state index >= 15 is 0 Å². The predicted molar refractivity (Wildman–Crippen MR) is 101 cm³/mol. The van der Waals surface area contributed by atoms with Crippen LogP contribution >= 0.6 is 23.4 Å². The van der Waals surface area contributed by atoms with Crippen LogP contribution in [0, 0.1) is 17.0 Å². The molecule has 0 spiro atoms. The van der Waals surface area contributed by atoms with Crippen molar-refractivity contribution >= 4 is 40.6 Å². The summed E-state index contributed by atoms with van der Waals surface area (Å²) in [6.45, 7) is 1.91. The zero-order valence-corrected chi connectivity index (χ0v) is 15.6. The molecule has 0 radical (unpaired) electrons. The molecule has 2 aromatic carbocycles. The van der Waals surface area contributed by atoms with Crippen molar-refractivity contribution in [2.75, 3.05) is 11.1 Å². The van der Waals surface area contributed by atoms with E-state index < -0.39 is 10.8 Å². The summed E-state index contributed by atoms with van der Waals surface area (Å²) in [4.78, 5) is 22.6. The number of rotatable bonds is 6. The molecule has 0 unspecified atom stereocenters. The molecule has 0 aliphatic carbocycles. The molecule has 3 aromatic rings. The molecule has 1 aromatic heterocycles. The lowest BCUT2D eigenvalue weighted by molar-refractivity contribution is -0.383. The maximum atomic E-state index is 12.2. The highest BCUT2D eigenvalue weighted by atomic mass is 35.5. The molecule has 0 aliphatic rings. The number of carbonyl (C=O) groups is 1. The number of benzene rings is 2. The van der Waals surface area contributed by atoms with Crippen LogP contribution in [0.1, 0.15) is 5.56 Å². The standard InChI is InChI=1S/C16H13ClN6O3S/c1-10-6-7-13(11(17)8-10)22-16(19-20-21-22)27-9-15(24)18-12-4-2-3-5-14(12)23(25)26/h2-8H,9H2,1H3,(H,18,24). The predicted octanol–water partition coefficient (Wildman–Crippen LogP) is 3.26. The number of aryl methyl sites for hydroxylation is 1. The number of halogens is 1. The van der Waals surface area contributed by atoms with Crippen LogP contribution in [0.25, 0.3) is 5.69 Å². The maximum absolute atomic E-state index is 12.2. The third-order valence-electron chi connectivity index (χ3n) is 3.48. The Morgan fingerprint density at radius 2 is 2.11 bits per heavy atom. The van der Waals surface area contributed by atoms with Crippen molar-refractivity contribution in [1.82, 2.24) is 20.2 Å². The van der Waals surface area contributed by atoms with Crippen LogP contribution in [0.2, 0.25) is 5.02 Å². The Hall–Kier alpha value is -2.98. The summed E-state index contributed by atoms with van der Waals surface area (Å²) >= 11 is 7.33. The highest BCUT2D eigenvalue weighted by Gasteiger charge is 2.17. The van der Waals surface area contributed by atoms with Gasteiger partial charge in [0.25, 0.3) is 5.69 Å². The largest absolute Gasteiger partial charge is 0.320 e. The molecular formula is C16H13ClN6O3S. The second-order valence-electron chi connectivity index (χ2n) is 5.44. The van der Waals surface area contributed by atoms with Crippen LogP contribution in [0.3, 0.4) is 0 Å². The molecule has 9 nitrogen and oxygen atoms in total. The van der Waals surface area contributed by atoms with Gasteiger partial charge in [0.15, 0.2) is 0 Å². The Morgan fingerprint density at radius 3 is 2.85 bits per heavy atom. The van der Waals surface area contributed by atoms with Crippen LogP contribution in [0.15, 0.2) is 47.6 Å². The number of tetrazole rings is 1. The first-order chi connectivity index (χ1) is 13.0. The van der Waals surface area contributed by atoms with E-state index in [9.17, 15) is 14.9 Å². The number of anilines is 1. The van der Waals surface area contributed by atoms with Crippen molar-refractivity contribution in [3.8, 4) is 5.69 Å². The normalized spacial score (nSPS) is 10.6. The third kappa shape index (κ3) is 4.41. The van der Waals surface area contributed by atoms with Crippen LogP contribution in [0.5, 0.6) is 0 Å². The van der Waals surface area contributed by atoms with Crippen LogP contribution in [0.4, 0.5) is 11.4 Å². The minimum atomic E-state index is -0.553. The topological polar surface area (TPSA) is 116 Å². The average molecular weight is 405 g/mol. The quantitative estimate of drug-likeness (QED) is 0.380. The van der Waals surface area contributed by atoms with Gasteiger partial charge < -0.3 is 5.32 Å². The van der Waals surface area contributed by atoms with E-state index in [2.05, 4.69) is 20.8 Å². The van der Waals surface area contributed by atoms with Gasteiger partial charge in [-0.1, -0.05) is 41.6 Å². The van der Waals surface area contributed by atoms with Crippen molar-refractivity contribution in [2.45, 2.75) is 12.1 Å². The van der Waals surface area contributed by atoms with Gasteiger partial charge in [-0.15, -0.1) is 5.10 Å². The van der Waals surface area contributed by atoms with E-state index in [-0.39, 0.29) is 17.1 Å². The Kier molecular flexibility index (Phi) is 5.67. The van der Waals surface area contributed by atoms with Crippen LogP contribution in [-0.4, -0.2) is 36.8 Å². The summed E-state index contributed by atoms with van der Waals surface area (Å²) in [6.07, 6.45) is 0. The van der Waals surface area contributed by atoms with Crippen LogP contribution in [-0.2, 0) is 4.79 Å². The Balaban J connectivity index is 1.71. The molecule has 1 amide bonds. The smallest absolute Gasteiger partial charge is 0.292 e. The first kappa shape index (κ1) is 18.8. The number of aromatic nitrogens is 4. The third-order valence-corrected chi connectivity index (χ3v) is 4.70.